The molecule has 8 heteroatoms. The molecule has 0 radical (unpaired) electrons. The summed E-state index contributed by atoms with van der Waals surface area (Å²) in [6.07, 6.45) is 1.97. The summed E-state index contributed by atoms with van der Waals surface area (Å²) in [6.45, 7) is 2.94. The molecule has 1 aliphatic heterocycles. The summed E-state index contributed by atoms with van der Waals surface area (Å²) in [6, 6.07) is 15.0. The van der Waals surface area contributed by atoms with Gasteiger partial charge in [0, 0.05) is 37.8 Å². The molecule has 1 heterocycles. The van der Waals surface area contributed by atoms with Crippen LogP contribution in [0.25, 0.3) is 0 Å². The molecule has 1 saturated heterocycles. The molecule has 1 aliphatic rings. The molecule has 27 heavy (non-hydrogen) atoms. The number of halogens is 1. The molecule has 0 aromatic heterocycles. The summed E-state index contributed by atoms with van der Waals surface area (Å²) < 4.78 is 0. The van der Waals surface area contributed by atoms with Gasteiger partial charge in [-0.1, -0.05) is 41.9 Å². The lowest BCUT2D eigenvalue weighted by atomic mass is 10.0. The van der Waals surface area contributed by atoms with Crippen LogP contribution in [-0.4, -0.2) is 34.1 Å². The third-order valence-electron chi connectivity index (χ3n) is 4.58. The minimum Gasteiger partial charge on any atom is -0.360 e. The van der Waals surface area contributed by atoms with Gasteiger partial charge in [0.2, 0.25) is 0 Å². The lowest BCUT2D eigenvalue weighted by molar-refractivity contribution is -0.384. The number of hydrogen-bond acceptors (Lipinski definition) is 4. The maximum Gasteiger partial charge on any atom is 0.271 e. The van der Waals surface area contributed by atoms with Gasteiger partial charge in [-0.05, 0) is 36.7 Å². The van der Waals surface area contributed by atoms with Gasteiger partial charge in [-0.15, -0.1) is 0 Å². The van der Waals surface area contributed by atoms with E-state index < -0.39 is 4.92 Å². The van der Waals surface area contributed by atoms with Crippen molar-refractivity contribution in [1.29, 1.82) is 0 Å². The number of likely N-dealkylation sites (tertiary alicyclic amines) is 1. The van der Waals surface area contributed by atoms with Crippen LogP contribution in [0.2, 0.25) is 5.02 Å². The number of benzene rings is 2. The van der Waals surface area contributed by atoms with Gasteiger partial charge in [-0.3, -0.25) is 15.0 Å². The number of thiocarbonyl (C=S) groups is 1. The third-order valence-corrected chi connectivity index (χ3v) is 5.13. The molecular formula is C19H21ClN4O2S. The maximum atomic E-state index is 10.9. The summed E-state index contributed by atoms with van der Waals surface area (Å²) >= 11 is 11.5. The summed E-state index contributed by atoms with van der Waals surface area (Å²) in [4.78, 5) is 12.9. The molecule has 2 aromatic rings. The molecule has 142 valence electrons. The molecule has 0 spiro atoms. The first-order chi connectivity index (χ1) is 13.0. The Bertz CT molecular complexity index is 811. The molecule has 0 atom stereocenters. The largest absolute Gasteiger partial charge is 0.360 e. The maximum absolute atomic E-state index is 10.9. The Balaban J connectivity index is 1.48. The predicted octanol–water partition coefficient (Wildman–Crippen LogP) is 4.20. The van der Waals surface area contributed by atoms with Crippen LogP contribution < -0.4 is 10.6 Å². The van der Waals surface area contributed by atoms with Gasteiger partial charge in [0.05, 0.1) is 15.6 Å². The van der Waals surface area contributed by atoms with Crippen LogP contribution in [0.15, 0.2) is 48.5 Å². The van der Waals surface area contributed by atoms with Gasteiger partial charge in [0.25, 0.3) is 5.69 Å². The van der Waals surface area contributed by atoms with Gasteiger partial charge < -0.3 is 10.6 Å². The normalized spacial score (nSPS) is 15.3. The van der Waals surface area contributed by atoms with Gasteiger partial charge in [-0.25, -0.2) is 0 Å². The van der Waals surface area contributed by atoms with Crippen molar-refractivity contribution in [3.63, 3.8) is 0 Å². The Labute approximate surface area is 168 Å². The highest BCUT2D eigenvalue weighted by atomic mass is 35.5. The van der Waals surface area contributed by atoms with E-state index in [1.807, 2.05) is 6.07 Å². The van der Waals surface area contributed by atoms with Crippen LogP contribution in [0.4, 0.5) is 11.4 Å². The van der Waals surface area contributed by atoms with Crippen molar-refractivity contribution in [3.8, 4) is 0 Å². The van der Waals surface area contributed by atoms with Gasteiger partial charge >= 0.3 is 0 Å². The minimum absolute atomic E-state index is 0.0288. The molecule has 2 aromatic carbocycles. The Morgan fingerprint density at radius 1 is 1.22 bits per heavy atom. The lowest BCUT2D eigenvalue weighted by Crippen LogP contribution is -2.45. The van der Waals surface area contributed by atoms with Crippen molar-refractivity contribution >= 4 is 40.3 Å². The Hall–Kier alpha value is -2.22. The van der Waals surface area contributed by atoms with Crippen LogP contribution in [0.1, 0.15) is 18.4 Å². The van der Waals surface area contributed by atoms with Crippen LogP contribution in [-0.2, 0) is 6.54 Å². The quantitative estimate of drug-likeness (QED) is 0.442. The molecule has 0 unspecified atom stereocenters. The summed E-state index contributed by atoms with van der Waals surface area (Å²) in [5.41, 5.74) is 1.73. The van der Waals surface area contributed by atoms with Crippen molar-refractivity contribution in [2.45, 2.75) is 25.4 Å². The van der Waals surface area contributed by atoms with Crippen molar-refractivity contribution in [2.24, 2.45) is 0 Å². The standard InChI is InChI=1S/C19H21ClN4O2S/c20-17-7-6-16(24(25)26)12-18(17)22-19(27)21-15-8-10-23(11-9-15)13-14-4-2-1-3-5-14/h1-7,12,15H,8-11,13H2,(H2,21,22,27). The fourth-order valence-corrected chi connectivity index (χ4v) is 3.58. The molecule has 0 saturated carbocycles. The van der Waals surface area contributed by atoms with E-state index in [2.05, 4.69) is 39.8 Å². The first kappa shape index (κ1) is 19.5. The number of piperidine rings is 1. The Morgan fingerprint density at radius 3 is 2.59 bits per heavy atom. The highest BCUT2D eigenvalue weighted by molar-refractivity contribution is 7.80. The Morgan fingerprint density at radius 2 is 1.93 bits per heavy atom. The number of anilines is 1. The van der Waals surface area contributed by atoms with Crippen LogP contribution in [0, 0.1) is 10.1 Å². The zero-order valence-corrected chi connectivity index (χ0v) is 16.3. The first-order valence-electron chi connectivity index (χ1n) is 8.79. The third kappa shape index (κ3) is 5.63. The smallest absolute Gasteiger partial charge is 0.271 e. The van der Waals surface area contributed by atoms with E-state index >= 15 is 0 Å². The highest BCUT2D eigenvalue weighted by Crippen LogP contribution is 2.26. The monoisotopic (exact) mass is 404 g/mol. The molecule has 3 rings (SSSR count). The summed E-state index contributed by atoms with van der Waals surface area (Å²) in [7, 11) is 0. The molecular weight excluding hydrogens is 384 g/mol. The highest BCUT2D eigenvalue weighted by Gasteiger charge is 2.20. The van der Waals surface area contributed by atoms with E-state index in [1.165, 1.54) is 23.8 Å². The molecule has 0 amide bonds. The second-order valence-corrected chi connectivity index (χ2v) is 7.37. The number of nitro benzene ring substituents is 1. The van der Waals surface area contributed by atoms with Gasteiger partial charge in [0.1, 0.15) is 0 Å². The van der Waals surface area contributed by atoms with Crippen molar-refractivity contribution in [2.75, 3.05) is 18.4 Å². The number of non-ortho nitro benzene ring substituents is 1. The summed E-state index contributed by atoms with van der Waals surface area (Å²) in [5, 5.41) is 18.0. The number of nitrogens with zero attached hydrogens (tertiary/aromatic N) is 2. The van der Waals surface area contributed by atoms with Crippen LogP contribution in [0.5, 0.6) is 0 Å². The van der Waals surface area contributed by atoms with E-state index in [1.54, 1.807) is 0 Å². The van der Waals surface area contributed by atoms with E-state index in [0.717, 1.165) is 32.5 Å². The second kappa shape index (κ2) is 9.12. The molecule has 1 fully saturated rings. The van der Waals surface area contributed by atoms with Crippen LogP contribution >= 0.6 is 23.8 Å². The number of nitrogens with one attached hydrogen (secondary N) is 2. The van der Waals surface area contributed by atoms with Crippen molar-refractivity contribution < 1.29 is 4.92 Å². The molecule has 2 N–H and O–H groups in total. The number of nitro groups is 1. The van der Waals surface area contributed by atoms with Gasteiger partial charge in [0.15, 0.2) is 5.11 Å². The first-order valence-corrected chi connectivity index (χ1v) is 9.57. The summed E-state index contributed by atoms with van der Waals surface area (Å²) in [5.74, 6) is 0. The molecule has 0 aliphatic carbocycles. The molecule has 6 nitrogen and oxygen atoms in total. The van der Waals surface area contributed by atoms with E-state index in [0.29, 0.717) is 15.8 Å². The number of rotatable bonds is 5. The number of hydrogen-bond donors (Lipinski definition) is 2. The lowest BCUT2D eigenvalue weighted by Gasteiger charge is -2.33. The topological polar surface area (TPSA) is 70.4 Å². The minimum atomic E-state index is -0.458. The van der Waals surface area contributed by atoms with Crippen LogP contribution in [0.3, 0.4) is 0 Å². The second-order valence-electron chi connectivity index (χ2n) is 6.56. The van der Waals surface area contributed by atoms with Gasteiger partial charge in [-0.2, -0.15) is 0 Å². The van der Waals surface area contributed by atoms with Crippen molar-refractivity contribution in [1.82, 2.24) is 10.2 Å². The SMILES string of the molecule is O=[N+]([O-])c1ccc(Cl)c(NC(=S)NC2CCN(Cc3ccccc3)CC2)c1. The zero-order valence-electron chi connectivity index (χ0n) is 14.7. The average molecular weight is 405 g/mol. The van der Waals surface area contributed by atoms with Crippen molar-refractivity contribution in [3.05, 3.63) is 69.2 Å². The fourth-order valence-electron chi connectivity index (χ4n) is 3.14. The Kier molecular flexibility index (Phi) is 6.60. The molecule has 0 bridgehead atoms. The predicted molar refractivity (Wildman–Crippen MR) is 112 cm³/mol. The van der Waals surface area contributed by atoms with E-state index in [9.17, 15) is 10.1 Å². The zero-order chi connectivity index (χ0) is 19.2. The van der Waals surface area contributed by atoms with E-state index in [-0.39, 0.29) is 11.7 Å². The van der Waals surface area contributed by atoms with E-state index in [4.69, 9.17) is 23.8 Å². The fraction of sp³-hybridized carbons (Fsp3) is 0.316. The average Bonchev–Trinajstić information content (AvgIpc) is 2.66.